The summed E-state index contributed by atoms with van der Waals surface area (Å²) in [4.78, 5) is 35.3. The quantitative estimate of drug-likeness (QED) is 0.631. The highest BCUT2D eigenvalue weighted by atomic mass is 16.6. The zero-order chi connectivity index (χ0) is 19.3. The normalized spacial score (nSPS) is 13.6. The van der Waals surface area contributed by atoms with Crippen molar-refractivity contribution >= 4 is 29.1 Å². The number of aromatic nitrogens is 4. The second-order valence-electron chi connectivity index (χ2n) is 6.16. The highest BCUT2D eigenvalue weighted by Crippen LogP contribution is 2.17. The molecule has 0 saturated carbocycles. The summed E-state index contributed by atoms with van der Waals surface area (Å²) in [7, 11) is 0. The molecule has 0 aliphatic rings. The lowest BCUT2D eigenvalue weighted by Crippen LogP contribution is -2.36. The van der Waals surface area contributed by atoms with Crippen LogP contribution in [0.3, 0.4) is 0 Å². The second kappa shape index (κ2) is 8.56. The van der Waals surface area contributed by atoms with Crippen LogP contribution >= 0.6 is 0 Å². The van der Waals surface area contributed by atoms with Gasteiger partial charge >= 0.3 is 11.9 Å². The smallest absolute Gasteiger partial charge is 0.335 e. The molecule has 0 aromatic carbocycles. The number of hydrogen-bond acceptors (Lipinski definition) is 9. The molecule has 26 heavy (non-hydrogen) atoms. The van der Waals surface area contributed by atoms with Crippen molar-refractivity contribution in [3.05, 3.63) is 12.5 Å². The number of fused-ring (bicyclic) bond motifs is 1. The summed E-state index contributed by atoms with van der Waals surface area (Å²) in [6.45, 7) is 4.91. The van der Waals surface area contributed by atoms with Crippen molar-refractivity contribution in [2.75, 3.05) is 12.3 Å². The van der Waals surface area contributed by atoms with Crippen LogP contribution in [-0.2, 0) is 25.6 Å². The number of nitrogens with two attached hydrogens (primary N) is 1. The van der Waals surface area contributed by atoms with Crippen LogP contribution in [0.15, 0.2) is 12.5 Å². The van der Waals surface area contributed by atoms with E-state index in [4.69, 9.17) is 15.2 Å². The summed E-state index contributed by atoms with van der Waals surface area (Å²) in [6.07, 6.45) is 1.65. The highest BCUT2D eigenvalue weighted by molar-refractivity contribution is 5.75. The third kappa shape index (κ3) is 5.12. The van der Waals surface area contributed by atoms with E-state index in [0.29, 0.717) is 24.1 Å². The van der Waals surface area contributed by atoms with Gasteiger partial charge in [-0.2, -0.15) is 4.98 Å². The van der Waals surface area contributed by atoms with Crippen LogP contribution in [0.5, 0.6) is 0 Å². The summed E-state index contributed by atoms with van der Waals surface area (Å²) in [5.41, 5.74) is 6.72. The molecule has 2 unspecified atom stereocenters. The Bertz CT molecular complexity index is 775. The van der Waals surface area contributed by atoms with Crippen LogP contribution in [0.2, 0.25) is 0 Å². The van der Waals surface area contributed by atoms with Crippen molar-refractivity contribution in [1.82, 2.24) is 19.5 Å². The van der Waals surface area contributed by atoms with Gasteiger partial charge in [0, 0.05) is 19.4 Å². The zero-order valence-electron chi connectivity index (χ0n) is 15.0. The first kappa shape index (κ1) is 19.6. The van der Waals surface area contributed by atoms with E-state index < -0.39 is 24.0 Å². The van der Waals surface area contributed by atoms with Gasteiger partial charge in [0.05, 0.1) is 25.2 Å². The van der Waals surface area contributed by atoms with Crippen LogP contribution in [0.25, 0.3) is 11.2 Å². The maximum atomic E-state index is 12.0. The summed E-state index contributed by atoms with van der Waals surface area (Å²) in [5.74, 6) is -1.76. The number of aliphatic hydroxyl groups is 1. The molecular formula is C16H23N5O5. The molecule has 0 aliphatic carbocycles. The van der Waals surface area contributed by atoms with Gasteiger partial charge in [-0.3, -0.25) is 4.79 Å². The zero-order valence-corrected chi connectivity index (χ0v) is 15.0. The number of imidazole rings is 1. The average molecular weight is 365 g/mol. The molecule has 2 atom stereocenters. The van der Waals surface area contributed by atoms with E-state index in [2.05, 4.69) is 15.0 Å². The van der Waals surface area contributed by atoms with Gasteiger partial charge in [-0.15, -0.1) is 0 Å². The van der Waals surface area contributed by atoms with E-state index in [9.17, 15) is 14.7 Å². The second-order valence-corrected chi connectivity index (χ2v) is 6.16. The van der Waals surface area contributed by atoms with E-state index in [1.165, 1.54) is 13.1 Å². The van der Waals surface area contributed by atoms with Crippen LogP contribution in [0, 0.1) is 5.92 Å². The van der Waals surface area contributed by atoms with E-state index in [1.807, 2.05) is 0 Å². The monoisotopic (exact) mass is 365 g/mol. The topological polar surface area (TPSA) is 142 Å². The molecule has 0 saturated heterocycles. The Hall–Kier alpha value is -2.75. The Labute approximate surface area is 150 Å². The van der Waals surface area contributed by atoms with Crippen LogP contribution in [0.1, 0.15) is 27.2 Å². The Balaban J connectivity index is 2.10. The summed E-state index contributed by atoms with van der Waals surface area (Å²) in [6, 6.07) is 0. The fraction of sp³-hybridized carbons (Fsp3) is 0.562. The Morgan fingerprint density at radius 3 is 2.73 bits per heavy atom. The van der Waals surface area contributed by atoms with Crippen molar-refractivity contribution in [2.45, 2.75) is 45.9 Å². The van der Waals surface area contributed by atoms with Crippen molar-refractivity contribution in [3.8, 4) is 0 Å². The molecular weight excluding hydrogens is 342 g/mol. The maximum absolute atomic E-state index is 12.0. The van der Waals surface area contributed by atoms with Gasteiger partial charge in [0.25, 0.3) is 0 Å². The first-order chi connectivity index (χ1) is 12.3. The first-order valence-electron chi connectivity index (χ1n) is 8.23. The summed E-state index contributed by atoms with van der Waals surface area (Å²) >= 11 is 0. The number of hydrogen-bond donors (Lipinski definition) is 2. The summed E-state index contributed by atoms with van der Waals surface area (Å²) < 4.78 is 11.7. The van der Waals surface area contributed by atoms with E-state index >= 15 is 0 Å². The van der Waals surface area contributed by atoms with E-state index in [1.54, 1.807) is 24.7 Å². The van der Waals surface area contributed by atoms with Gasteiger partial charge in [-0.1, -0.05) is 0 Å². The molecule has 0 spiro atoms. The predicted molar refractivity (Wildman–Crippen MR) is 91.7 cm³/mol. The first-order valence-corrected chi connectivity index (χ1v) is 8.23. The molecule has 10 nitrogen and oxygen atoms in total. The van der Waals surface area contributed by atoms with Crippen molar-refractivity contribution in [3.63, 3.8) is 0 Å². The third-order valence-corrected chi connectivity index (χ3v) is 3.66. The lowest BCUT2D eigenvalue weighted by atomic mass is 9.99. The number of aliphatic hydroxyl groups excluding tert-OH is 1. The van der Waals surface area contributed by atoms with E-state index in [-0.39, 0.29) is 18.7 Å². The molecule has 142 valence electrons. The Morgan fingerprint density at radius 1 is 1.35 bits per heavy atom. The SMILES string of the molecule is CC(=O)OCC(CCn1cnc2cnc(N)nc21)C(O)C(=O)OC(C)C. The van der Waals surface area contributed by atoms with Crippen LogP contribution in [0.4, 0.5) is 5.95 Å². The van der Waals surface area contributed by atoms with Gasteiger partial charge in [-0.05, 0) is 20.3 Å². The number of nitrogen functional groups attached to an aromatic ring is 1. The molecule has 0 aliphatic heterocycles. The maximum Gasteiger partial charge on any atom is 0.335 e. The number of aryl methyl sites for hydroxylation is 1. The fourth-order valence-electron chi connectivity index (χ4n) is 2.39. The number of ether oxygens (including phenoxy) is 2. The van der Waals surface area contributed by atoms with Crippen LogP contribution < -0.4 is 5.73 Å². The lowest BCUT2D eigenvalue weighted by molar-refractivity contribution is -0.164. The molecule has 2 aromatic rings. The van der Waals surface area contributed by atoms with Gasteiger partial charge in [0.15, 0.2) is 11.8 Å². The van der Waals surface area contributed by atoms with Crippen LogP contribution in [-0.4, -0.2) is 55.4 Å². The number of carbonyl (C=O) groups is 2. The molecule has 2 heterocycles. The number of anilines is 1. The predicted octanol–water partition coefficient (Wildman–Crippen LogP) is 0.290. The largest absolute Gasteiger partial charge is 0.465 e. The molecule has 2 rings (SSSR count). The molecule has 0 bridgehead atoms. The standard InChI is InChI=1S/C16H23N5O5/c1-9(2)26-15(24)13(23)11(7-25-10(3)22)4-5-21-8-19-12-6-18-16(17)20-14(12)21/h6,8-9,11,13,23H,4-5,7H2,1-3H3,(H2,17,18,20). The van der Waals surface area contributed by atoms with Gasteiger partial charge < -0.3 is 24.9 Å². The Kier molecular flexibility index (Phi) is 6.45. The number of esters is 2. The van der Waals surface area contributed by atoms with Crippen molar-refractivity contribution in [1.29, 1.82) is 0 Å². The fourth-order valence-corrected chi connectivity index (χ4v) is 2.39. The molecule has 0 radical (unpaired) electrons. The number of rotatable bonds is 8. The number of nitrogens with zero attached hydrogens (tertiary/aromatic N) is 4. The lowest BCUT2D eigenvalue weighted by Gasteiger charge is -2.22. The van der Waals surface area contributed by atoms with Gasteiger partial charge in [0.1, 0.15) is 5.52 Å². The van der Waals surface area contributed by atoms with Gasteiger partial charge in [-0.25, -0.2) is 14.8 Å². The molecule has 0 fully saturated rings. The average Bonchev–Trinajstić information content (AvgIpc) is 2.95. The Morgan fingerprint density at radius 2 is 2.08 bits per heavy atom. The van der Waals surface area contributed by atoms with Crippen molar-refractivity contribution < 1.29 is 24.2 Å². The number of carbonyl (C=O) groups excluding carboxylic acids is 2. The summed E-state index contributed by atoms with van der Waals surface area (Å²) in [5, 5.41) is 10.3. The van der Waals surface area contributed by atoms with Crippen molar-refractivity contribution in [2.24, 2.45) is 5.92 Å². The minimum atomic E-state index is -1.41. The minimum Gasteiger partial charge on any atom is -0.465 e. The molecule has 0 amide bonds. The molecule has 10 heteroatoms. The minimum absolute atomic E-state index is 0.104. The highest BCUT2D eigenvalue weighted by Gasteiger charge is 2.29. The van der Waals surface area contributed by atoms with E-state index in [0.717, 1.165) is 0 Å². The third-order valence-electron chi connectivity index (χ3n) is 3.66. The van der Waals surface area contributed by atoms with Gasteiger partial charge in [0.2, 0.25) is 5.95 Å². The molecule has 2 aromatic heterocycles. The molecule has 3 N–H and O–H groups in total.